The van der Waals surface area contributed by atoms with Gasteiger partial charge in [-0.15, -0.1) is 5.10 Å². The lowest BCUT2D eigenvalue weighted by atomic mass is 10.1. The number of aliphatic hydroxyl groups excluding tert-OH is 1. The molecule has 23 heavy (non-hydrogen) atoms. The lowest BCUT2D eigenvalue weighted by molar-refractivity contribution is 0.0730. The third-order valence-corrected chi connectivity index (χ3v) is 3.89. The first kappa shape index (κ1) is 15.8. The van der Waals surface area contributed by atoms with Gasteiger partial charge in [-0.3, -0.25) is 4.90 Å². The van der Waals surface area contributed by atoms with Crippen LogP contribution in [0.25, 0.3) is 11.3 Å². The minimum atomic E-state index is -0.280. The van der Waals surface area contributed by atoms with Gasteiger partial charge in [-0.2, -0.15) is 5.10 Å². The number of rotatable bonds is 5. The second-order valence-electron chi connectivity index (χ2n) is 5.70. The number of nitrogens with zero attached hydrogens (tertiary/aromatic N) is 4. The third-order valence-electron chi connectivity index (χ3n) is 3.89. The SMILES string of the molecule is OC1CCCN(CCNc2nncc(-c3ccc(F)cc3)n2)C1. The van der Waals surface area contributed by atoms with Gasteiger partial charge < -0.3 is 10.4 Å². The van der Waals surface area contributed by atoms with Gasteiger partial charge in [-0.1, -0.05) is 0 Å². The Hall–Kier alpha value is -2.12. The van der Waals surface area contributed by atoms with Gasteiger partial charge in [0.15, 0.2) is 0 Å². The lowest BCUT2D eigenvalue weighted by Crippen LogP contribution is -2.40. The average molecular weight is 317 g/mol. The Labute approximate surface area is 134 Å². The standard InChI is InChI=1S/C16H20FN5O/c17-13-5-3-12(4-6-13)15-10-19-21-16(20-15)18-7-9-22-8-1-2-14(23)11-22/h3-6,10,14,23H,1-2,7-9,11H2,(H,18,20,21). The molecular weight excluding hydrogens is 297 g/mol. The number of hydrogen-bond donors (Lipinski definition) is 2. The molecule has 0 saturated carbocycles. The summed E-state index contributed by atoms with van der Waals surface area (Å²) >= 11 is 0. The quantitative estimate of drug-likeness (QED) is 0.871. The molecule has 2 heterocycles. The summed E-state index contributed by atoms with van der Waals surface area (Å²) in [6.45, 7) is 3.23. The summed E-state index contributed by atoms with van der Waals surface area (Å²) in [5.41, 5.74) is 1.44. The highest BCUT2D eigenvalue weighted by atomic mass is 19.1. The summed E-state index contributed by atoms with van der Waals surface area (Å²) < 4.78 is 13.0. The van der Waals surface area contributed by atoms with Crippen LogP contribution in [0.15, 0.2) is 30.5 Å². The Bertz CT molecular complexity index is 637. The predicted octanol–water partition coefficient (Wildman–Crippen LogP) is 1.55. The zero-order valence-electron chi connectivity index (χ0n) is 12.8. The Kier molecular flexibility index (Phi) is 5.09. The van der Waals surface area contributed by atoms with Crippen LogP contribution in [0.3, 0.4) is 0 Å². The van der Waals surface area contributed by atoms with Gasteiger partial charge in [0.05, 0.1) is 18.0 Å². The lowest BCUT2D eigenvalue weighted by Gasteiger charge is -2.29. The Balaban J connectivity index is 1.56. The van der Waals surface area contributed by atoms with Crippen LogP contribution >= 0.6 is 0 Å². The van der Waals surface area contributed by atoms with E-state index in [9.17, 15) is 9.50 Å². The first-order valence-electron chi connectivity index (χ1n) is 7.80. The van der Waals surface area contributed by atoms with E-state index in [1.54, 1.807) is 18.3 Å². The molecule has 2 N–H and O–H groups in total. The summed E-state index contributed by atoms with van der Waals surface area (Å²) in [5, 5.41) is 20.7. The minimum Gasteiger partial charge on any atom is -0.392 e. The smallest absolute Gasteiger partial charge is 0.243 e. The molecule has 0 aliphatic carbocycles. The zero-order chi connectivity index (χ0) is 16.1. The molecule has 1 fully saturated rings. The minimum absolute atomic E-state index is 0.219. The van der Waals surface area contributed by atoms with Crippen molar-refractivity contribution in [3.8, 4) is 11.3 Å². The predicted molar refractivity (Wildman–Crippen MR) is 85.4 cm³/mol. The number of aromatic nitrogens is 3. The van der Waals surface area contributed by atoms with Gasteiger partial charge in [0.25, 0.3) is 0 Å². The van der Waals surface area contributed by atoms with Crippen molar-refractivity contribution in [1.29, 1.82) is 0 Å². The Morgan fingerprint density at radius 3 is 2.91 bits per heavy atom. The van der Waals surface area contributed by atoms with Crippen LogP contribution in [0.1, 0.15) is 12.8 Å². The van der Waals surface area contributed by atoms with Gasteiger partial charge >= 0.3 is 0 Å². The Morgan fingerprint density at radius 1 is 1.30 bits per heavy atom. The average Bonchev–Trinajstić information content (AvgIpc) is 2.56. The number of anilines is 1. The van der Waals surface area contributed by atoms with E-state index >= 15 is 0 Å². The van der Waals surface area contributed by atoms with Crippen molar-refractivity contribution in [2.75, 3.05) is 31.5 Å². The van der Waals surface area contributed by atoms with E-state index in [2.05, 4.69) is 25.4 Å². The summed E-state index contributed by atoms with van der Waals surface area (Å²) in [6, 6.07) is 6.12. The molecule has 1 atom stereocenters. The highest BCUT2D eigenvalue weighted by Gasteiger charge is 2.16. The van der Waals surface area contributed by atoms with Crippen molar-refractivity contribution in [3.63, 3.8) is 0 Å². The van der Waals surface area contributed by atoms with Gasteiger partial charge in [-0.05, 0) is 43.7 Å². The van der Waals surface area contributed by atoms with Crippen LogP contribution in [0.5, 0.6) is 0 Å². The number of piperidine rings is 1. The fourth-order valence-electron chi connectivity index (χ4n) is 2.70. The first-order valence-corrected chi connectivity index (χ1v) is 7.80. The van der Waals surface area contributed by atoms with Crippen LogP contribution in [0, 0.1) is 5.82 Å². The highest BCUT2D eigenvalue weighted by molar-refractivity contribution is 5.58. The molecule has 1 saturated heterocycles. The van der Waals surface area contributed by atoms with E-state index in [1.165, 1.54) is 12.1 Å². The van der Waals surface area contributed by atoms with Crippen molar-refractivity contribution in [1.82, 2.24) is 20.1 Å². The van der Waals surface area contributed by atoms with Crippen LogP contribution in [0.2, 0.25) is 0 Å². The molecular formula is C16H20FN5O. The topological polar surface area (TPSA) is 74.2 Å². The fraction of sp³-hybridized carbons (Fsp3) is 0.438. The van der Waals surface area contributed by atoms with Crippen molar-refractivity contribution >= 4 is 5.95 Å². The summed E-state index contributed by atoms with van der Waals surface area (Å²) in [6.07, 6.45) is 3.25. The van der Waals surface area contributed by atoms with Gasteiger partial charge in [0.2, 0.25) is 5.95 Å². The molecule has 122 valence electrons. The van der Waals surface area contributed by atoms with Crippen LogP contribution in [0.4, 0.5) is 10.3 Å². The van der Waals surface area contributed by atoms with Gasteiger partial charge in [0, 0.05) is 25.2 Å². The largest absolute Gasteiger partial charge is 0.392 e. The third kappa shape index (κ3) is 4.43. The second-order valence-corrected chi connectivity index (χ2v) is 5.70. The van der Waals surface area contributed by atoms with Crippen molar-refractivity contribution in [2.45, 2.75) is 18.9 Å². The maximum atomic E-state index is 13.0. The van der Waals surface area contributed by atoms with Crippen molar-refractivity contribution in [2.24, 2.45) is 0 Å². The van der Waals surface area contributed by atoms with Crippen LogP contribution in [-0.2, 0) is 0 Å². The summed E-state index contributed by atoms with van der Waals surface area (Å²) in [7, 11) is 0. The number of nitrogens with one attached hydrogen (secondary N) is 1. The monoisotopic (exact) mass is 317 g/mol. The van der Waals surface area contributed by atoms with E-state index in [4.69, 9.17) is 0 Å². The molecule has 6 nitrogen and oxygen atoms in total. The molecule has 1 aromatic carbocycles. The van der Waals surface area contributed by atoms with E-state index in [0.717, 1.165) is 38.0 Å². The molecule has 0 amide bonds. The molecule has 2 aromatic rings. The zero-order valence-corrected chi connectivity index (χ0v) is 12.8. The molecule has 7 heteroatoms. The molecule has 3 rings (SSSR count). The van der Waals surface area contributed by atoms with E-state index < -0.39 is 0 Å². The molecule has 1 aromatic heterocycles. The number of benzene rings is 1. The number of hydrogen-bond acceptors (Lipinski definition) is 6. The highest BCUT2D eigenvalue weighted by Crippen LogP contribution is 2.17. The maximum Gasteiger partial charge on any atom is 0.243 e. The molecule has 0 spiro atoms. The van der Waals surface area contributed by atoms with Crippen molar-refractivity contribution < 1.29 is 9.50 Å². The number of likely N-dealkylation sites (tertiary alicyclic amines) is 1. The van der Waals surface area contributed by atoms with Crippen LogP contribution < -0.4 is 5.32 Å². The van der Waals surface area contributed by atoms with Crippen molar-refractivity contribution in [3.05, 3.63) is 36.3 Å². The summed E-state index contributed by atoms with van der Waals surface area (Å²) in [4.78, 5) is 6.62. The molecule has 1 aliphatic heterocycles. The summed E-state index contributed by atoms with van der Waals surface area (Å²) in [5.74, 6) is 0.169. The number of aliphatic hydroxyl groups is 1. The number of β-amino-alcohol motifs (C(OH)–C–C–N with tert-alkyl or cyclic N) is 1. The van der Waals surface area contributed by atoms with E-state index in [0.29, 0.717) is 18.2 Å². The number of halogens is 1. The van der Waals surface area contributed by atoms with Crippen LogP contribution in [-0.4, -0.2) is 57.5 Å². The normalized spacial score (nSPS) is 18.8. The van der Waals surface area contributed by atoms with E-state index in [-0.39, 0.29) is 11.9 Å². The first-order chi connectivity index (χ1) is 11.2. The molecule has 1 unspecified atom stereocenters. The molecule has 0 bridgehead atoms. The molecule has 0 radical (unpaired) electrons. The van der Waals surface area contributed by atoms with Gasteiger partial charge in [-0.25, -0.2) is 9.37 Å². The molecule has 1 aliphatic rings. The van der Waals surface area contributed by atoms with Gasteiger partial charge in [0.1, 0.15) is 5.82 Å². The maximum absolute atomic E-state index is 13.0. The fourth-order valence-corrected chi connectivity index (χ4v) is 2.70. The second kappa shape index (κ2) is 7.43. The Morgan fingerprint density at radius 2 is 2.13 bits per heavy atom. The van der Waals surface area contributed by atoms with E-state index in [1.807, 2.05) is 0 Å².